The minimum Gasteiger partial charge on any atom is -0.478 e. The molecule has 7 nitrogen and oxygen atoms in total. The highest BCUT2D eigenvalue weighted by Crippen LogP contribution is 2.47. The van der Waals surface area contributed by atoms with Crippen molar-refractivity contribution in [3.05, 3.63) is 77.6 Å². The Hall–Kier alpha value is -3.19. The van der Waals surface area contributed by atoms with Gasteiger partial charge in [0.2, 0.25) is 5.95 Å². The molecule has 0 saturated heterocycles. The molecule has 132 valence electrons. The summed E-state index contributed by atoms with van der Waals surface area (Å²) < 4.78 is 1.04. The number of aliphatic hydroxyl groups is 1. The van der Waals surface area contributed by atoms with Crippen molar-refractivity contribution in [2.24, 2.45) is 0 Å². The molecule has 1 aliphatic heterocycles. The molecule has 0 spiro atoms. The lowest BCUT2D eigenvalue weighted by Crippen LogP contribution is -2.54. The molecule has 0 unspecified atom stereocenters. The van der Waals surface area contributed by atoms with Crippen LogP contribution < -0.4 is 5.32 Å². The van der Waals surface area contributed by atoms with E-state index in [0.29, 0.717) is 5.56 Å². The second-order valence-electron chi connectivity index (χ2n) is 6.45. The van der Waals surface area contributed by atoms with E-state index in [2.05, 4.69) is 15.4 Å². The van der Waals surface area contributed by atoms with Gasteiger partial charge in [0.15, 0.2) is 0 Å². The van der Waals surface area contributed by atoms with Gasteiger partial charge in [-0.25, -0.2) is 4.79 Å². The molecule has 3 aromatic rings. The predicted octanol–water partition coefficient (Wildman–Crippen LogP) is 2.27. The smallest absolute Gasteiger partial charge is 0.360 e. The number of nitrogens with one attached hydrogen (secondary N) is 1. The van der Waals surface area contributed by atoms with Crippen LogP contribution in [0.4, 0.5) is 5.95 Å². The molecule has 3 N–H and O–H groups in total. The van der Waals surface area contributed by atoms with Crippen molar-refractivity contribution in [2.75, 3.05) is 5.32 Å². The number of aliphatic carboxylic acids is 1. The SMILES string of the molecule is Cc1ccc([C@@H]2Nc3ncnn3[C@](O)(C(=O)O)[C@@H]2c2ccccc2)cc1. The summed E-state index contributed by atoms with van der Waals surface area (Å²) in [5.41, 5.74) is 0.376. The van der Waals surface area contributed by atoms with E-state index in [0.717, 1.165) is 15.8 Å². The Bertz CT molecular complexity index is 939. The van der Waals surface area contributed by atoms with E-state index in [-0.39, 0.29) is 5.95 Å². The molecule has 0 saturated carbocycles. The van der Waals surface area contributed by atoms with Crippen LogP contribution in [0.3, 0.4) is 0 Å². The maximum atomic E-state index is 12.2. The van der Waals surface area contributed by atoms with E-state index in [1.807, 2.05) is 61.5 Å². The molecule has 1 aliphatic rings. The van der Waals surface area contributed by atoms with Crippen LogP contribution in [0, 0.1) is 6.92 Å². The molecule has 0 radical (unpaired) electrons. The minimum absolute atomic E-state index is 0.215. The topological polar surface area (TPSA) is 100 Å². The molecule has 0 fully saturated rings. The molecule has 0 bridgehead atoms. The first-order chi connectivity index (χ1) is 12.5. The molecule has 26 heavy (non-hydrogen) atoms. The number of aromatic nitrogens is 3. The van der Waals surface area contributed by atoms with Gasteiger partial charge >= 0.3 is 5.97 Å². The fraction of sp³-hybridized carbons (Fsp3) is 0.211. The number of hydrogen-bond donors (Lipinski definition) is 3. The lowest BCUT2D eigenvalue weighted by atomic mass is 9.78. The number of fused-ring (bicyclic) bond motifs is 1. The van der Waals surface area contributed by atoms with Crippen LogP contribution in [0.25, 0.3) is 0 Å². The first-order valence-electron chi connectivity index (χ1n) is 8.26. The molecule has 1 aromatic heterocycles. The third-order valence-electron chi connectivity index (χ3n) is 4.83. The van der Waals surface area contributed by atoms with Crippen molar-refractivity contribution in [2.45, 2.75) is 24.6 Å². The standard InChI is InChI=1S/C19H18N4O3/c1-12-7-9-14(10-8-12)16-15(13-5-3-2-4-6-13)19(26,17(24)25)23-18(22-16)20-11-21-23/h2-11,15-16,26H,1H3,(H,24,25)(H,20,21,22)/t15-,16+,19-/m1/s1. The van der Waals surface area contributed by atoms with Crippen molar-refractivity contribution in [3.63, 3.8) is 0 Å². The number of carboxylic acids is 1. The monoisotopic (exact) mass is 350 g/mol. The Morgan fingerprint density at radius 2 is 1.81 bits per heavy atom. The van der Waals surface area contributed by atoms with Gasteiger partial charge in [-0.1, -0.05) is 60.2 Å². The van der Waals surface area contributed by atoms with Crippen molar-refractivity contribution in [1.82, 2.24) is 14.8 Å². The van der Waals surface area contributed by atoms with Gasteiger partial charge in [0.1, 0.15) is 6.33 Å². The van der Waals surface area contributed by atoms with Crippen LogP contribution in [0.15, 0.2) is 60.9 Å². The van der Waals surface area contributed by atoms with E-state index < -0.39 is 23.7 Å². The summed E-state index contributed by atoms with van der Waals surface area (Å²) in [5, 5.41) is 28.4. The molecular formula is C19H18N4O3. The van der Waals surface area contributed by atoms with Gasteiger partial charge in [0, 0.05) is 0 Å². The van der Waals surface area contributed by atoms with Crippen molar-refractivity contribution >= 4 is 11.9 Å². The number of benzene rings is 2. The summed E-state index contributed by atoms with van der Waals surface area (Å²) in [7, 11) is 0. The Morgan fingerprint density at radius 3 is 2.46 bits per heavy atom. The summed E-state index contributed by atoms with van der Waals surface area (Å²) in [6.45, 7) is 1.98. The Kier molecular flexibility index (Phi) is 3.73. The van der Waals surface area contributed by atoms with Crippen LogP contribution in [0.2, 0.25) is 0 Å². The first kappa shape index (κ1) is 16.3. The number of nitrogens with zero attached hydrogens (tertiary/aromatic N) is 3. The Balaban J connectivity index is 1.95. The normalized spacial score (nSPS) is 24.5. The molecule has 2 aromatic carbocycles. The van der Waals surface area contributed by atoms with Gasteiger partial charge in [0.25, 0.3) is 5.72 Å². The zero-order chi connectivity index (χ0) is 18.3. The predicted molar refractivity (Wildman–Crippen MR) is 94.6 cm³/mol. The van der Waals surface area contributed by atoms with Gasteiger partial charge < -0.3 is 15.5 Å². The number of hydrogen-bond acceptors (Lipinski definition) is 5. The molecule has 4 rings (SSSR count). The average Bonchev–Trinajstić information content (AvgIpc) is 3.12. The first-order valence-corrected chi connectivity index (χ1v) is 8.26. The highest BCUT2D eigenvalue weighted by Gasteiger charge is 2.56. The molecule has 7 heteroatoms. The fourth-order valence-corrected chi connectivity index (χ4v) is 3.53. The van der Waals surface area contributed by atoms with Gasteiger partial charge in [-0.3, -0.25) is 0 Å². The van der Waals surface area contributed by atoms with E-state index >= 15 is 0 Å². The van der Waals surface area contributed by atoms with Crippen molar-refractivity contribution < 1.29 is 15.0 Å². The molecule has 3 atom stereocenters. The second-order valence-corrected chi connectivity index (χ2v) is 6.45. The van der Waals surface area contributed by atoms with Gasteiger partial charge in [-0.05, 0) is 18.1 Å². The maximum absolute atomic E-state index is 12.2. The minimum atomic E-state index is -2.27. The lowest BCUT2D eigenvalue weighted by Gasteiger charge is -2.42. The van der Waals surface area contributed by atoms with Crippen LogP contribution in [0.1, 0.15) is 28.7 Å². The zero-order valence-electron chi connectivity index (χ0n) is 14.1. The molecule has 0 aliphatic carbocycles. The largest absolute Gasteiger partial charge is 0.478 e. The summed E-state index contributed by atoms with van der Waals surface area (Å²) in [6, 6.07) is 16.4. The number of rotatable bonds is 3. The average molecular weight is 350 g/mol. The summed E-state index contributed by atoms with van der Waals surface area (Å²) >= 11 is 0. The van der Waals surface area contributed by atoms with E-state index in [9.17, 15) is 15.0 Å². The van der Waals surface area contributed by atoms with Crippen molar-refractivity contribution in [3.8, 4) is 0 Å². The zero-order valence-corrected chi connectivity index (χ0v) is 14.1. The molecular weight excluding hydrogens is 332 g/mol. The Labute approximate surface area is 149 Å². The number of anilines is 1. The van der Waals surface area contributed by atoms with E-state index in [1.54, 1.807) is 0 Å². The third-order valence-corrected chi connectivity index (χ3v) is 4.83. The van der Waals surface area contributed by atoms with Crippen LogP contribution in [-0.2, 0) is 10.5 Å². The number of carboxylic acid groups (broad SMARTS) is 1. The van der Waals surface area contributed by atoms with Gasteiger partial charge in [-0.2, -0.15) is 14.8 Å². The highest BCUT2D eigenvalue weighted by atomic mass is 16.4. The van der Waals surface area contributed by atoms with Crippen LogP contribution >= 0.6 is 0 Å². The molecule has 2 heterocycles. The quantitative estimate of drug-likeness (QED) is 0.670. The Morgan fingerprint density at radius 1 is 1.12 bits per heavy atom. The number of aryl methyl sites for hydroxylation is 1. The fourth-order valence-electron chi connectivity index (χ4n) is 3.53. The van der Waals surface area contributed by atoms with Gasteiger partial charge in [0.05, 0.1) is 12.0 Å². The highest BCUT2D eigenvalue weighted by molar-refractivity contribution is 5.78. The van der Waals surface area contributed by atoms with E-state index in [1.165, 1.54) is 6.33 Å². The third kappa shape index (κ3) is 2.36. The van der Waals surface area contributed by atoms with Gasteiger partial charge in [-0.15, -0.1) is 0 Å². The summed E-state index contributed by atoms with van der Waals surface area (Å²) in [5.74, 6) is -1.97. The number of carbonyl (C=O) groups is 1. The van der Waals surface area contributed by atoms with Crippen LogP contribution in [0.5, 0.6) is 0 Å². The second kappa shape index (κ2) is 5.96. The maximum Gasteiger partial charge on any atom is 0.360 e. The summed E-state index contributed by atoms with van der Waals surface area (Å²) in [6.07, 6.45) is 1.23. The summed E-state index contributed by atoms with van der Waals surface area (Å²) in [4.78, 5) is 16.3. The van der Waals surface area contributed by atoms with Crippen LogP contribution in [-0.4, -0.2) is 30.9 Å². The van der Waals surface area contributed by atoms with E-state index in [4.69, 9.17) is 0 Å². The lowest BCUT2D eigenvalue weighted by molar-refractivity contribution is -0.179. The molecule has 0 amide bonds. The van der Waals surface area contributed by atoms with Crippen molar-refractivity contribution in [1.29, 1.82) is 0 Å².